The molecule has 0 saturated carbocycles. The standard InChI is InChI=1S/C15H17N3O/c16-14(13-6-2-1-3-7-13)15(19)18-10-8-12-5-4-9-17-11-12/h1-7,9,11,14H,8,10,16H2,(H,18,19). The number of aromatic nitrogens is 1. The van der Waals surface area contributed by atoms with Crippen molar-refractivity contribution in [3.63, 3.8) is 0 Å². The average Bonchev–Trinajstić information content (AvgIpc) is 2.48. The van der Waals surface area contributed by atoms with Gasteiger partial charge in [-0.3, -0.25) is 9.78 Å². The van der Waals surface area contributed by atoms with Crippen molar-refractivity contribution in [2.75, 3.05) is 6.54 Å². The van der Waals surface area contributed by atoms with Gasteiger partial charge < -0.3 is 11.1 Å². The highest BCUT2D eigenvalue weighted by Gasteiger charge is 2.14. The van der Waals surface area contributed by atoms with Gasteiger partial charge in [-0.15, -0.1) is 0 Å². The fraction of sp³-hybridized carbons (Fsp3) is 0.200. The molecule has 1 unspecified atom stereocenters. The Morgan fingerprint density at radius 1 is 1.21 bits per heavy atom. The number of carbonyl (C=O) groups is 1. The van der Waals surface area contributed by atoms with E-state index in [0.717, 1.165) is 17.5 Å². The van der Waals surface area contributed by atoms with Gasteiger partial charge in [0.25, 0.3) is 0 Å². The SMILES string of the molecule is NC(C(=O)NCCc1cccnc1)c1ccccc1. The molecule has 0 bridgehead atoms. The molecule has 0 aliphatic rings. The number of benzene rings is 1. The van der Waals surface area contributed by atoms with E-state index in [2.05, 4.69) is 10.3 Å². The minimum Gasteiger partial charge on any atom is -0.354 e. The van der Waals surface area contributed by atoms with Crippen molar-refractivity contribution in [1.29, 1.82) is 0 Å². The van der Waals surface area contributed by atoms with Gasteiger partial charge in [0.15, 0.2) is 0 Å². The summed E-state index contributed by atoms with van der Waals surface area (Å²) in [5.41, 5.74) is 7.81. The first kappa shape index (κ1) is 13.2. The number of pyridine rings is 1. The van der Waals surface area contributed by atoms with Gasteiger partial charge in [0.2, 0.25) is 5.91 Å². The van der Waals surface area contributed by atoms with E-state index < -0.39 is 6.04 Å². The second-order valence-electron chi connectivity index (χ2n) is 4.29. The van der Waals surface area contributed by atoms with Crippen LogP contribution < -0.4 is 11.1 Å². The molecule has 0 aliphatic carbocycles. The smallest absolute Gasteiger partial charge is 0.241 e. The first-order valence-corrected chi connectivity index (χ1v) is 6.24. The lowest BCUT2D eigenvalue weighted by Crippen LogP contribution is -2.35. The van der Waals surface area contributed by atoms with Crippen molar-refractivity contribution in [2.45, 2.75) is 12.5 Å². The van der Waals surface area contributed by atoms with Crippen molar-refractivity contribution >= 4 is 5.91 Å². The zero-order valence-corrected chi connectivity index (χ0v) is 10.6. The largest absolute Gasteiger partial charge is 0.354 e. The van der Waals surface area contributed by atoms with Gasteiger partial charge in [-0.25, -0.2) is 0 Å². The second-order valence-corrected chi connectivity index (χ2v) is 4.29. The van der Waals surface area contributed by atoms with Crippen molar-refractivity contribution in [3.05, 3.63) is 66.0 Å². The molecular formula is C15H17N3O. The highest BCUT2D eigenvalue weighted by Crippen LogP contribution is 2.09. The molecule has 1 aromatic heterocycles. The zero-order chi connectivity index (χ0) is 13.5. The zero-order valence-electron chi connectivity index (χ0n) is 10.6. The van der Waals surface area contributed by atoms with E-state index in [-0.39, 0.29) is 5.91 Å². The fourth-order valence-corrected chi connectivity index (χ4v) is 1.80. The Morgan fingerprint density at radius 3 is 2.68 bits per heavy atom. The van der Waals surface area contributed by atoms with Crippen LogP contribution in [0.15, 0.2) is 54.9 Å². The average molecular weight is 255 g/mol. The number of nitrogens with two attached hydrogens (primary N) is 1. The van der Waals surface area contributed by atoms with E-state index in [1.165, 1.54) is 0 Å². The van der Waals surface area contributed by atoms with E-state index in [0.29, 0.717) is 6.54 Å². The normalized spacial score (nSPS) is 11.8. The number of nitrogens with zero attached hydrogens (tertiary/aromatic N) is 1. The van der Waals surface area contributed by atoms with Gasteiger partial charge in [-0.1, -0.05) is 36.4 Å². The van der Waals surface area contributed by atoms with E-state index in [1.54, 1.807) is 12.4 Å². The van der Waals surface area contributed by atoms with E-state index in [9.17, 15) is 4.79 Å². The van der Waals surface area contributed by atoms with Crippen LogP contribution in [-0.4, -0.2) is 17.4 Å². The number of rotatable bonds is 5. The number of amides is 1. The lowest BCUT2D eigenvalue weighted by atomic mass is 10.1. The molecule has 3 N–H and O–H groups in total. The summed E-state index contributed by atoms with van der Waals surface area (Å²) in [4.78, 5) is 15.9. The highest BCUT2D eigenvalue weighted by atomic mass is 16.2. The minimum atomic E-state index is -0.616. The van der Waals surface area contributed by atoms with Crippen molar-refractivity contribution in [3.8, 4) is 0 Å². The molecule has 98 valence electrons. The molecular weight excluding hydrogens is 238 g/mol. The molecule has 1 amide bonds. The van der Waals surface area contributed by atoms with Gasteiger partial charge in [-0.05, 0) is 23.6 Å². The van der Waals surface area contributed by atoms with Gasteiger partial charge >= 0.3 is 0 Å². The molecule has 0 fully saturated rings. The van der Waals surface area contributed by atoms with Crippen LogP contribution in [0.4, 0.5) is 0 Å². The summed E-state index contributed by atoms with van der Waals surface area (Å²) in [6.07, 6.45) is 4.28. The maximum atomic E-state index is 11.9. The minimum absolute atomic E-state index is 0.157. The molecule has 1 atom stereocenters. The van der Waals surface area contributed by atoms with Crippen molar-refractivity contribution < 1.29 is 4.79 Å². The van der Waals surface area contributed by atoms with E-state index in [1.807, 2.05) is 42.5 Å². The Labute approximate surface area is 112 Å². The maximum Gasteiger partial charge on any atom is 0.241 e. The molecule has 4 heteroatoms. The van der Waals surface area contributed by atoms with Gasteiger partial charge in [0.1, 0.15) is 6.04 Å². The van der Waals surface area contributed by atoms with Crippen molar-refractivity contribution in [1.82, 2.24) is 10.3 Å². The predicted molar refractivity (Wildman–Crippen MR) is 74.3 cm³/mol. The molecule has 2 aromatic rings. The van der Waals surface area contributed by atoms with Crippen LogP contribution in [0.2, 0.25) is 0 Å². The quantitative estimate of drug-likeness (QED) is 0.849. The summed E-state index contributed by atoms with van der Waals surface area (Å²) in [7, 11) is 0. The molecule has 19 heavy (non-hydrogen) atoms. The van der Waals surface area contributed by atoms with Crippen LogP contribution in [-0.2, 0) is 11.2 Å². The third kappa shape index (κ3) is 3.89. The first-order chi connectivity index (χ1) is 9.27. The van der Waals surface area contributed by atoms with Crippen LogP contribution in [0.1, 0.15) is 17.2 Å². The maximum absolute atomic E-state index is 11.9. The molecule has 0 radical (unpaired) electrons. The lowest BCUT2D eigenvalue weighted by Gasteiger charge is -2.12. The van der Waals surface area contributed by atoms with E-state index >= 15 is 0 Å². The van der Waals surface area contributed by atoms with Gasteiger partial charge in [-0.2, -0.15) is 0 Å². The van der Waals surface area contributed by atoms with Crippen LogP contribution in [0.25, 0.3) is 0 Å². The summed E-state index contributed by atoms with van der Waals surface area (Å²) >= 11 is 0. The summed E-state index contributed by atoms with van der Waals surface area (Å²) in [5.74, 6) is -0.157. The van der Waals surface area contributed by atoms with Crippen LogP contribution in [0.5, 0.6) is 0 Å². The molecule has 1 heterocycles. The summed E-state index contributed by atoms with van der Waals surface area (Å²) < 4.78 is 0. The molecule has 0 aliphatic heterocycles. The summed E-state index contributed by atoms with van der Waals surface area (Å²) in [6, 6.07) is 12.6. The Bertz CT molecular complexity index is 513. The number of carbonyl (C=O) groups excluding carboxylic acids is 1. The summed E-state index contributed by atoms with van der Waals surface area (Å²) in [6.45, 7) is 0.561. The molecule has 4 nitrogen and oxygen atoms in total. The Kier molecular flexibility index (Phi) is 4.64. The molecule has 0 spiro atoms. The van der Waals surface area contributed by atoms with Crippen LogP contribution >= 0.6 is 0 Å². The Balaban J connectivity index is 1.82. The van der Waals surface area contributed by atoms with E-state index in [4.69, 9.17) is 5.73 Å². The van der Waals surface area contributed by atoms with Gasteiger partial charge in [0.05, 0.1) is 0 Å². The number of hydrogen-bond donors (Lipinski definition) is 2. The Morgan fingerprint density at radius 2 is 2.00 bits per heavy atom. The molecule has 1 aromatic carbocycles. The van der Waals surface area contributed by atoms with Crippen LogP contribution in [0, 0.1) is 0 Å². The van der Waals surface area contributed by atoms with Gasteiger partial charge in [0, 0.05) is 18.9 Å². The first-order valence-electron chi connectivity index (χ1n) is 6.24. The molecule has 2 rings (SSSR count). The fourth-order valence-electron chi connectivity index (χ4n) is 1.80. The third-order valence-electron chi connectivity index (χ3n) is 2.88. The van der Waals surface area contributed by atoms with Crippen LogP contribution in [0.3, 0.4) is 0 Å². The monoisotopic (exact) mass is 255 g/mol. The number of hydrogen-bond acceptors (Lipinski definition) is 3. The lowest BCUT2D eigenvalue weighted by molar-refractivity contribution is -0.122. The van der Waals surface area contributed by atoms with Crippen molar-refractivity contribution in [2.24, 2.45) is 5.73 Å². The highest BCUT2D eigenvalue weighted by molar-refractivity contribution is 5.82. The predicted octanol–water partition coefficient (Wildman–Crippen LogP) is 1.44. The Hall–Kier alpha value is -2.20. The molecule has 0 saturated heterocycles. The second kappa shape index (κ2) is 6.66. The topological polar surface area (TPSA) is 68.0 Å². The summed E-state index contributed by atoms with van der Waals surface area (Å²) in [5, 5.41) is 2.84. The third-order valence-corrected chi connectivity index (χ3v) is 2.88. The number of nitrogens with one attached hydrogen (secondary N) is 1.